The van der Waals surface area contributed by atoms with Crippen LogP contribution in [0.5, 0.6) is 0 Å². The highest BCUT2D eigenvalue weighted by atomic mass is 16.6. The Morgan fingerprint density at radius 1 is 0.762 bits per heavy atom. The highest BCUT2D eigenvalue weighted by molar-refractivity contribution is 5.83. The van der Waals surface area contributed by atoms with Crippen LogP contribution in [0.15, 0.2) is 0 Å². The van der Waals surface area contributed by atoms with Gasteiger partial charge in [-0.3, -0.25) is 9.59 Å². The van der Waals surface area contributed by atoms with E-state index in [4.69, 9.17) is 9.47 Å². The van der Waals surface area contributed by atoms with Gasteiger partial charge in [-0.1, -0.05) is 84.0 Å². The van der Waals surface area contributed by atoms with Gasteiger partial charge in [-0.2, -0.15) is 0 Å². The molecule has 2 aliphatic rings. The van der Waals surface area contributed by atoms with Gasteiger partial charge in [0, 0.05) is 19.3 Å². The molecule has 0 aliphatic carbocycles. The SMILES string of the molecule is CCCCCCCCCCCC[C@H](O)[C@@H]1CC[C@@H]([C@@H](O)CCCCC(=O)CCCCC[C@@H]2CC(CC(C)=O)C(=O)O2)O1. The lowest BCUT2D eigenvalue weighted by molar-refractivity contribution is -0.145. The maximum atomic E-state index is 12.3. The predicted molar refractivity (Wildman–Crippen MR) is 166 cm³/mol. The Hall–Kier alpha value is -1.31. The van der Waals surface area contributed by atoms with Crippen LogP contribution in [0.2, 0.25) is 0 Å². The second-order valence-electron chi connectivity index (χ2n) is 13.2. The van der Waals surface area contributed by atoms with Crippen LogP contribution >= 0.6 is 0 Å². The van der Waals surface area contributed by atoms with Crippen molar-refractivity contribution in [3.8, 4) is 0 Å². The van der Waals surface area contributed by atoms with Crippen LogP contribution in [0.4, 0.5) is 0 Å². The number of Topliss-reactive ketones (excluding diaryl/α,β-unsaturated/α-hetero) is 2. The first kappa shape index (κ1) is 36.9. The van der Waals surface area contributed by atoms with Gasteiger partial charge in [-0.25, -0.2) is 0 Å². The van der Waals surface area contributed by atoms with Gasteiger partial charge < -0.3 is 24.5 Å². The van der Waals surface area contributed by atoms with Crippen molar-refractivity contribution in [3.05, 3.63) is 0 Å². The fourth-order valence-corrected chi connectivity index (χ4v) is 6.55. The Kier molecular flexibility index (Phi) is 19.5. The van der Waals surface area contributed by atoms with Gasteiger partial charge in [-0.15, -0.1) is 0 Å². The van der Waals surface area contributed by atoms with Crippen molar-refractivity contribution in [2.24, 2.45) is 5.92 Å². The van der Waals surface area contributed by atoms with Crippen LogP contribution in [0, 0.1) is 5.92 Å². The highest BCUT2D eigenvalue weighted by Crippen LogP contribution is 2.29. The number of ketones is 2. The van der Waals surface area contributed by atoms with Crippen LogP contribution in [0.3, 0.4) is 0 Å². The molecule has 2 saturated heterocycles. The van der Waals surface area contributed by atoms with E-state index in [9.17, 15) is 24.6 Å². The summed E-state index contributed by atoms with van der Waals surface area (Å²) >= 11 is 0. The van der Waals surface area contributed by atoms with Crippen LogP contribution in [0.25, 0.3) is 0 Å². The first-order chi connectivity index (χ1) is 20.3. The van der Waals surface area contributed by atoms with Crippen LogP contribution in [-0.2, 0) is 23.9 Å². The standard InChI is InChI=1S/C35H62O7/c1-3-4-5-6-7-8-9-10-11-15-21-31(38)33-23-24-34(42-33)32(39)22-17-16-19-29(37)18-13-12-14-20-30-26-28(25-27(2)36)35(40)41-30/h28,30-34,38-39H,3-26H2,1-2H3/t28?,30-,31+,32+,33+,34+/m1/s1. The van der Waals surface area contributed by atoms with E-state index < -0.39 is 12.2 Å². The number of cyclic esters (lactones) is 1. The molecule has 6 atom stereocenters. The third-order valence-electron chi connectivity index (χ3n) is 9.18. The third kappa shape index (κ3) is 16.0. The molecule has 0 saturated carbocycles. The number of ether oxygens (including phenoxy) is 2. The monoisotopic (exact) mass is 594 g/mol. The number of hydrogen-bond donors (Lipinski definition) is 2. The zero-order valence-electron chi connectivity index (χ0n) is 26.9. The molecule has 0 amide bonds. The minimum Gasteiger partial charge on any atom is -0.462 e. The van der Waals surface area contributed by atoms with E-state index in [0.29, 0.717) is 25.7 Å². The number of aliphatic hydroxyl groups is 2. The summed E-state index contributed by atoms with van der Waals surface area (Å²) < 4.78 is 11.4. The number of carbonyl (C=O) groups is 3. The predicted octanol–water partition coefficient (Wildman–Crippen LogP) is 7.56. The van der Waals surface area contributed by atoms with E-state index in [1.165, 1.54) is 64.7 Å². The molecule has 7 nitrogen and oxygen atoms in total. The van der Waals surface area contributed by atoms with Gasteiger partial charge in [0.05, 0.1) is 30.3 Å². The number of hydrogen-bond acceptors (Lipinski definition) is 7. The van der Waals surface area contributed by atoms with E-state index in [1.807, 2.05) is 0 Å². The molecular formula is C35H62O7. The molecule has 0 aromatic rings. The molecule has 7 heteroatoms. The summed E-state index contributed by atoms with van der Waals surface area (Å²) in [5.41, 5.74) is 0. The molecule has 2 rings (SSSR count). The second kappa shape index (κ2) is 22.2. The Bertz CT molecular complexity index is 754. The van der Waals surface area contributed by atoms with Gasteiger partial charge >= 0.3 is 5.97 Å². The van der Waals surface area contributed by atoms with Crippen molar-refractivity contribution in [1.29, 1.82) is 0 Å². The van der Waals surface area contributed by atoms with Gasteiger partial charge in [-0.05, 0) is 64.7 Å². The van der Waals surface area contributed by atoms with Crippen molar-refractivity contribution in [3.63, 3.8) is 0 Å². The summed E-state index contributed by atoms with van der Waals surface area (Å²) in [7, 11) is 0. The summed E-state index contributed by atoms with van der Waals surface area (Å²) in [6.45, 7) is 3.76. The Labute approximate surface area is 255 Å². The van der Waals surface area contributed by atoms with E-state index in [1.54, 1.807) is 0 Å². The zero-order chi connectivity index (χ0) is 30.6. The Morgan fingerprint density at radius 2 is 1.26 bits per heavy atom. The summed E-state index contributed by atoms with van der Waals surface area (Å²) in [5.74, 6) is -0.228. The molecule has 0 aromatic carbocycles. The van der Waals surface area contributed by atoms with Crippen LogP contribution in [0.1, 0.15) is 168 Å². The Morgan fingerprint density at radius 3 is 1.83 bits per heavy atom. The highest BCUT2D eigenvalue weighted by Gasteiger charge is 2.35. The molecule has 2 fully saturated rings. The van der Waals surface area contributed by atoms with Gasteiger partial charge in [0.1, 0.15) is 17.7 Å². The number of carbonyl (C=O) groups excluding carboxylic acids is 3. The largest absolute Gasteiger partial charge is 0.462 e. The average molecular weight is 595 g/mol. The topological polar surface area (TPSA) is 110 Å². The molecule has 0 aromatic heterocycles. The molecule has 42 heavy (non-hydrogen) atoms. The van der Waals surface area contributed by atoms with E-state index in [0.717, 1.165) is 64.2 Å². The number of esters is 1. The number of rotatable bonds is 26. The third-order valence-corrected chi connectivity index (χ3v) is 9.18. The Balaban J connectivity index is 1.42. The number of unbranched alkanes of at least 4 members (excludes halogenated alkanes) is 12. The minimum atomic E-state index is -0.533. The van der Waals surface area contributed by atoms with Crippen molar-refractivity contribution in [1.82, 2.24) is 0 Å². The normalized spacial score (nSPS) is 23.7. The first-order valence-electron chi connectivity index (χ1n) is 17.5. The molecule has 0 bridgehead atoms. The zero-order valence-corrected chi connectivity index (χ0v) is 26.9. The molecule has 2 aliphatic heterocycles. The van der Waals surface area contributed by atoms with Crippen LogP contribution < -0.4 is 0 Å². The van der Waals surface area contributed by atoms with E-state index >= 15 is 0 Å². The molecule has 2 heterocycles. The number of aliphatic hydroxyl groups excluding tert-OH is 2. The minimum absolute atomic E-state index is 0.0241. The van der Waals surface area contributed by atoms with Crippen LogP contribution in [-0.4, -0.2) is 58.3 Å². The molecular weight excluding hydrogens is 532 g/mol. The molecule has 244 valence electrons. The summed E-state index contributed by atoms with van der Waals surface area (Å²) in [6, 6.07) is 0. The van der Waals surface area contributed by atoms with Crippen molar-refractivity contribution in [2.45, 2.75) is 198 Å². The second-order valence-corrected chi connectivity index (χ2v) is 13.2. The van der Waals surface area contributed by atoms with Crippen molar-refractivity contribution >= 4 is 17.5 Å². The van der Waals surface area contributed by atoms with Gasteiger partial charge in [0.15, 0.2) is 0 Å². The maximum Gasteiger partial charge on any atom is 0.309 e. The fraction of sp³-hybridized carbons (Fsp3) is 0.914. The molecule has 0 radical (unpaired) electrons. The molecule has 2 N–H and O–H groups in total. The van der Waals surface area contributed by atoms with E-state index in [-0.39, 0.29) is 48.2 Å². The maximum absolute atomic E-state index is 12.3. The summed E-state index contributed by atoms with van der Waals surface area (Å²) in [6.07, 6.45) is 21.5. The van der Waals surface area contributed by atoms with Crippen molar-refractivity contribution < 1.29 is 34.1 Å². The lowest BCUT2D eigenvalue weighted by atomic mass is 9.96. The molecule has 0 spiro atoms. The average Bonchev–Trinajstić information content (AvgIpc) is 3.58. The van der Waals surface area contributed by atoms with Gasteiger partial charge in [0.2, 0.25) is 0 Å². The smallest absolute Gasteiger partial charge is 0.309 e. The first-order valence-corrected chi connectivity index (χ1v) is 17.5. The summed E-state index contributed by atoms with van der Waals surface area (Å²) in [4.78, 5) is 35.3. The van der Waals surface area contributed by atoms with Crippen molar-refractivity contribution in [2.75, 3.05) is 0 Å². The summed E-state index contributed by atoms with van der Waals surface area (Å²) in [5, 5.41) is 21.2. The lowest BCUT2D eigenvalue weighted by Gasteiger charge is -2.22. The fourth-order valence-electron chi connectivity index (χ4n) is 6.55. The van der Waals surface area contributed by atoms with E-state index in [2.05, 4.69) is 6.92 Å². The quantitative estimate of drug-likeness (QED) is 0.0785. The molecule has 1 unspecified atom stereocenters. The lowest BCUT2D eigenvalue weighted by Crippen LogP contribution is -2.31. The van der Waals surface area contributed by atoms with Gasteiger partial charge in [0.25, 0.3) is 0 Å².